The number of rotatable bonds is 5. The summed E-state index contributed by atoms with van der Waals surface area (Å²) < 4.78 is 6.77. The van der Waals surface area contributed by atoms with Gasteiger partial charge in [-0.1, -0.05) is 18.5 Å². The molecular weight excluding hydrogens is 232 g/mol. The fraction of sp³-hybridized carbons (Fsp3) is 0.545. The molecule has 0 fully saturated rings. The second-order valence-electron chi connectivity index (χ2n) is 4.17. The standard InChI is InChI=1S/C11H18N6O/c1-4-5-8-10(12)11(17(3)15-8)13-6-9-14-7(2)16-18-9/h13H,4-6,12H2,1-3H3. The summed E-state index contributed by atoms with van der Waals surface area (Å²) in [6, 6.07) is 0. The minimum atomic E-state index is 0.441. The van der Waals surface area contributed by atoms with Crippen LogP contribution in [0.4, 0.5) is 11.5 Å². The number of hydrogen-bond acceptors (Lipinski definition) is 6. The van der Waals surface area contributed by atoms with E-state index in [0.717, 1.165) is 24.4 Å². The summed E-state index contributed by atoms with van der Waals surface area (Å²) in [7, 11) is 1.86. The molecule has 0 saturated heterocycles. The number of nitrogens with two attached hydrogens (primary N) is 1. The highest BCUT2D eigenvalue weighted by Crippen LogP contribution is 2.23. The second-order valence-corrected chi connectivity index (χ2v) is 4.17. The zero-order chi connectivity index (χ0) is 13.1. The van der Waals surface area contributed by atoms with Crippen LogP contribution in [0.25, 0.3) is 0 Å². The molecule has 0 aliphatic heterocycles. The largest absolute Gasteiger partial charge is 0.394 e. The van der Waals surface area contributed by atoms with Crippen molar-refractivity contribution >= 4 is 11.5 Å². The minimum absolute atomic E-state index is 0.441. The Balaban J connectivity index is 2.09. The van der Waals surface area contributed by atoms with Gasteiger partial charge in [0, 0.05) is 7.05 Å². The Hall–Kier alpha value is -2.05. The summed E-state index contributed by atoms with van der Waals surface area (Å²) in [6.07, 6.45) is 1.89. The quantitative estimate of drug-likeness (QED) is 0.829. The molecule has 7 heteroatoms. The van der Waals surface area contributed by atoms with Crippen LogP contribution in [0, 0.1) is 6.92 Å². The van der Waals surface area contributed by atoms with Crippen molar-refractivity contribution in [2.45, 2.75) is 33.2 Å². The smallest absolute Gasteiger partial charge is 0.245 e. The van der Waals surface area contributed by atoms with Crippen molar-refractivity contribution < 1.29 is 4.52 Å². The normalized spacial score (nSPS) is 10.8. The highest BCUT2D eigenvalue weighted by atomic mass is 16.5. The Morgan fingerprint density at radius 2 is 2.22 bits per heavy atom. The molecule has 0 bridgehead atoms. The summed E-state index contributed by atoms with van der Waals surface area (Å²) in [5.74, 6) is 1.94. The minimum Gasteiger partial charge on any atom is -0.394 e. The number of hydrogen-bond donors (Lipinski definition) is 2. The maximum Gasteiger partial charge on any atom is 0.245 e. The van der Waals surface area contributed by atoms with Crippen LogP contribution in [-0.2, 0) is 20.0 Å². The van der Waals surface area contributed by atoms with Crippen LogP contribution >= 0.6 is 0 Å². The molecule has 0 aliphatic rings. The molecule has 98 valence electrons. The van der Waals surface area contributed by atoms with Crippen molar-refractivity contribution in [3.05, 3.63) is 17.4 Å². The third kappa shape index (κ3) is 2.44. The maximum absolute atomic E-state index is 6.05. The molecule has 0 aromatic carbocycles. The van der Waals surface area contributed by atoms with E-state index in [9.17, 15) is 0 Å². The van der Waals surface area contributed by atoms with Crippen molar-refractivity contribution in [2.75, 3.05) is 11.1 Å². The van der Waals surface area contributed by atoms with Crippen LogP contribution in [0.5, 0.6) is 0 Å². The number of nitrogens with one attached hydrogen (secondary N) is 1. The number of nitrogen functional groups attached to an aromatic ring is 1. The van der Waals surface area contributed by atoms with Crippen molar-refractivity contribution in [3.8, 4) is 0 Å². The monoisotopic (exact) mass is 250 g/mol. The molecule has 0 amide bonds. The van der Waals surface area contributed by atoms with Gasteiger partial charge in [-0.25, -0.2) is 0 Å². The van der Waals surface area contributed by atoms with Gasteiger partial charge in [0.2, 0.25) is 5.89 Å². The molecule has 2 rings (SSSR count). The maximum atomic E-state index is 6.05. The van der Waals surface area contributed by atoms with Crippen LogP contribution in [0.1, 0.15) is 30.8 Å². The van der Waals surface area contributed by atoms with Gasteiger partial charge in [-0.15, -0.1) is 0 Å². The van der Waals surface area contributed by atoms with E-state index < -0.39 is 0 Å². The Morgan fingerprint density at radius 3 is 2.83 bits per heavy atom. The van der Waals surface area contributed by atoms with Gasteiger partial charge in [0.1, 0.15) is 5.82 Å². The Bertz CT molecular complexity index is 530. The van der Waals surface area contributed by atoms with Gasteiger partial charge in [0.25, 0.3) is 0 Å². The van der Waals surface area contributed by atoms with Gasteiger partial charge in [-0.3, -0.25) is 4.68 Å². The molecule has 3 N–H and O–H groups in total. The van der Waals surface area contributed by atoms with Gasteiger partial charge >= 0.3 is 0 Å². The lowest BCUT2D eigenvalue weighted by Gasteiger charge is -2.04. The van der Waals surface area contributed by atoms with Gasteiger partial charge in [0.15, 0.2) is 5.82 Å². The second kappa shape index (κ2) is 5.07. The molecular formula is C11H18N6O. The van der Waals surface area contributed by atoms with Gasteiger partial charge in [0.05, 0.1) is 17.9 Å². The summed E-state index contributed by atoms with van der Waals surface area (Å²) in [5.41, 5.74) is 7.66. The molecule has 0 saturated carbocycles. The first-order chi connectivity index (χ1) is 8.61. The fourth-order valence-electron chi connectivity index (χ4n) is 1.80. The molecule has 7 nitrogen and oxygen atoms in total. The van der Waals surface area contributed by atoms with Gasteiger partial charge in [-0.2, -0.15) is 10.1 Å². The zero-order valence-electron chi connectivity index (χ0n) is 10.9. The van der Waals surface area contributed by atoms with Crippen LogP contribution in [0.2, 0.25) is 0 Å². The van der Waals surface area contributed by atoms with E-state index in [1.165, 1.54) is 0 Å². The van der Waals surface area contributed by atoms with Crippen molar-refractivity contribution in [1.82, 2.24) is 19.9 Å². The van der Waals surface area contributed by atoms with E-state index in [2.05, 4.69) is 27.5 Å². The molecule has 0 unspecified atom stereocenters. The van der Waals surface area contributed by atoms with Crippen molar-refractivity contribution in [3.63, 3.8) is 0 Å². The van der Waals surface area contributed by atoms with E-state index in [1.54, 1.807) is 11.6 Å². The Kier molecular flexibility index (Phi) is 3.50. The number of nitrogens with zero attached hydrogens (tertiary/aromatic N) is 4. The molecule has 0 spiro atoms. The lowest BCUT2D eigenvalue weighted by Crippen LogP contribution is -2.06. The SMILES string of the molecule is CCCc1nn(C)c(NCc2nc(C)no2)c1N. The summed E-state index contributed by atoms with van der Waals surface area (Å²) in [5, 5.41) is 11.3. The predicted octanol–water partition coefficient (Wildman–Crippen LogP) is 1.26. The van der Waals surface area contributed by atoms with E-state index in [4.69, 9.17) is 10.3 Å². The lowest BCUT2D eigenvalue weighted by atomic mass is 10.2. The average molecular weight is 250 g/mol. The molecule has 0 aliphatic carbocycles. The fourth-order valence-corrected chi connectivity index (χ4v) is 1.80. The van der Waals surface area contributed by atoms with Crippen molar-refractivity contribution in [2.24, 2.45) is 7.05 Å². The Labute approximate surface area is 105 Å². The summed E-state index contributed by atoms with van der Waals surface area (Å²) in [4.78, 5) is 4.12. The topological polar surface area (TPSA) is 94.8 Å². The van der Waals surface area contributed by atoms with Gasteiger partial charge in [-0.05, 0) is 13.3 Å². The van der Waals surface area contributed by atoms with E-state index in [1.807, 2.05) is 7.05 Å². The highest BCUT2D eigenvalue weighted by Gasteiger charge is 2.13. The van der Waals surface area contributed by atoms with Crippen LogP contribution in [-0.4, -0.2) is 19.9 Å². The molecule has 18 heavy (non-hydrogen) atoms. The van der Waals surface area contributed by atoms with Crippen LogP contribution in [0.3, 0.4) is 0 Å². The molecule has 2 aromatic rings. The summed E-state index contributed by atoms with van der Waals surface area (Å²) in [6.45, 7) is 4.32. The molecule has 2 heterocycles. The zero-order valence-corrected chi connectivity index (χ0v) is 10.9. The number of aromatic nitrogens is 4. The third-order valence-corrected chi connectivity index (χ3v) is 2.62. The first-order valence-electron chi connectivity index (χ1n) is 5.96. The van der Waals surface area contributed by atoms with Crippen LogP contribution < -0.4 is 11.1 Å². The predicted molar refractivity (Wildman–Crippen MR) is 68.0 cm³/mol. The first-order valence-corrected chi connectivity index (χ1v) is 5.96. The van der Waals surface area contributed by atoms with Gasteiger partial charge < -0.3 is 15.6 Å². The van der Waals surface area contributed by atoms with E-state index >= 15 is 0 Å². The molecule has 0 atom stereocenters. The molecule has 2 aromatic heterocycles. The average Bonchev–Trinajstić information content (AvgIpc) is 2.84. The third-order valence-electron chi connectivity index (χ3n) is 2.62. The summed E-state index contributed by atoms with van der Waals surface area (Å²) >= 11 is 0. The van der Waals surface area contributed by atoms with Crippen molar-refractivity contribution in [1.29, 1.82) is 0 Å². The van der Waals surface area contributed by atoms with Crippen LogP contribution in [0.15, 0.2) is 4.52 Å². The number of aryl methyl sites for hydroxylation is 3. The number of anilines is 2. The highest BCUT2D eigenvalue weighted by molar-refractivity contribution is 5.64. The van der Waals surface area contributed by atoms with E-state index in [-0.39, 0.29) is 0 Å². The Morgan fingerprint density at radius 1 is 1.44 bits per heavy atom. The lowest BCUT2D eigenvalue weighted by molar-refractivity contribution is 0.379. The molecule has 0 radical (unpaired) electrons. The van der Waals surface area contributed by atoms with E-state index in [0.29, 0.717) is 23.9 Å². The first kappa shape index (κ1) is 12.4.